The number of carbonyl (C=O) groups excluding carboxylic acids is 2. The molecule has 1 unspecified atom stereocenters. The third kappa shape index (κ3) is 6.87. The number of carbonyl (C=O) groups is 2. The number of thiocarbonyl (C=S) groups is 1. The van der Waals surface area contributed by atoms with E-state index < -0.39 is 0 Å². The second kappa shape index (κ2) is 11.2. The number of benzene rings is 2. The van der Waals surface area contributed by atoms with E-state index in [1.165, 1.54) is 0 Å². The van der Waals surface area contributed by atoms with Crippen LogP contribution in [0.5, 0.6) is 5.75 Å². The molecule has 0 aliphatic carbocycles. The van der Waals surface area contributed by atoms with E-state index in [0.717, 1.165) is 12.8 Å². The van der Waals surface area contributed by atoms with Crippen LogP contribution in [0, 0.1) is 0 Å². The monoisotopic (exact) mass is 413 g/mol. The lowest BCUT2D eigenvalue weighted by atomic mass is 10.1. The van der Waals surface area contributed by atoms with Crippen molar-refractivity contribution in [2.75, 3.05) is 11.9 Å². The number of para-hydroxylation sites is 1. The van der Waals surface area contributed by atoms with Crippen LogP contribution in [0.15, 0.2) is 48.5 Å². The quantitative estimate of drug-likeness (QED) is 0.567. The molecule has 0 radical (unpaired) electrons. The number of rotatable bonds is 8. The van der Waals surface area contributed by atoms with Crippen LogP contribution >= 0.6 is 12.2 Å². The molecule has 0 aliphatic heterocycles. The van der Waals surface area contributed by atoms with E-state index in [-0.39, 0.29) is 23.0 Å². The second-order valence-electron chi connectivity index (χ2n) is 6.61. The van der Waals surface area contributed by atoms with Crippen molar-refractivity contribution in [2.24, 2.45) is 0 Å². The van der Waals surface area contributed by atoms with E-state index in [2.05, 4.69) is 16.0 Å². The Morgan fingerprint density at radius 1 is 1.07 bits per heavy atom. The van der Waals surface area contributed by atoms with Crippen LogP contribution in [0.1, 0.15) is 54.3 Å². The molecule has 0 bridgehead atoms. The highest BCUT2D eigenvalue weighted by molar-refractivity contribution is 7.80. The van der Waals surface area contributed by atoms with Crippen LogP contribution in [0.4, 0.5) is 5.69 Å². The highest BCUT2D eigenvalue weighted by atomic mass is 32.1. The maximum atomic E-state index is 12.5. The van der Waals surface area contributed by atoms with Gasteiger partial charge in [0.15, 0.2) is 5.11 Å². The van der Waals surface area contributed by atoms with E-state index in [9.17, 15) is 9.59 Å². The van der Waals surface area contributed by atoms with Gasteiger partial charge >= 0.3 is 0 Å². The summed E-state index contributed by atoms with van der Waals surface area (Å²) < 4.78 is 5.56. The molecule has 2 amide bonds. The number of nitrogens with one attached hydrogen (secondary N) is 3. The average molecular weight is 414 g/mol. The van der Waals surface area contributed by atoms with Crippen molar-refractivity contribution in [3.8, 4) is 5.75 Å². The van der Waals surface area contributed by atoms with Crippen molar-refractivity contribution in [1.29, 1.82) is 0 Å². The van der Waals surface area contributed by atoms with Crippen LogP contribution in [-0.2, 0) is 0 Å². The molecule has 0 aliphatic rings. The smallest absolute Gasteiger partial charge is 0.257 e. The summed E-state index contributed by atoms with van der Waals surface area (Å²) in [6, 6.07) is 14.0. The van der Waals surface area contributed by atoms with Gasteiger partial charge in [-0.05, 0) is 62.3 Å². The Morgan fingerprint density at radius 3 is 2.55 bits per heavy atom. The van der Waals surface area contributed by atoms with E-state index in [0.29, 0.717) is 29.2 Å². The van der Waals surface area contributed by atoms with Crippen molar-refractivity contribution < 1.29 is 14.3 Å². The zero-order valence-corrected chi connectivity index (χ0v) is 17.8. The standard InChI is InChI=1S/C22H27N3O3S/c1-4-13-28-17-10-8-9-16(14-17)20(26)25-22(29)24-19-12-7-6-11-18(19)21(27)23-15(3)5-2/h6-12,14-15H,4-5,13H2,1-3H3,(H,23,27)(H2,24,25,26,29). The normalized spacial score (nSPS) is 11.3. The second-order valence-corrected chi connectivity index (χ2v) is 7.02. The third-order valence-corrected chi connectivity index (χ3v) is 4.41. The van der Waals surface area contributed by atoms with Crippen molar-refractivity contribution in [3.05, 3.63) is 59.7 Å². The summed E-state index contributed by atoms with van der Waals surface area (Å²) >= 11 is 5.27. The van der Waals surface area contributed by atoms with Crippen LogP contribution in [0.25, 0.3) is 0 Å². The Kier molecular flexibility index (Phi) is 8.61. The first kappa shape index (κ1) is 22.4. The zero-order valence-electron chi connectivity index (χ0n) is 17.0. The van der Waals surface area contributed by atoms with Gasteiger partial charge in [0.05, 0.1) is 17.9 Å². The van der Waals surface area contributed by atoms with E-state index in [1.807, 2.05) is 20.8 Å². The summed E-state index contributed by atoms with van der Waals surface area (Å²) in [5.41, 5.74) is 1.42. The van der Waals surface area contributed by atoms with Crippen molar-refractivity contribution >= 4 is 34.8 Å². The molecule has 0 heterocycles. The fraction of sp³-hybridized carbons (Fsp3) is 0.318. The van der Waals surface area contributed by atoms with Gasteiger partial charge in [0, 0.05) is 11.6 Å². The van der Waals surface area contributed by atoms with Gasteiger partial charge in [-0.1, -0.05) is 32.0 Å². The van der Waals surface area contributed by atoms with Crippen LogP contribution < -0.4 is 20.7 Å². The summed E-state index contributed by atoms with van der Waals surface area (Å²) in [6.45, 7) is 6.54. The Balaban J connectivity index is 2.04. The number of hydrogen-bond donors (Lipinski definition) is 3. The molecule has 0 spiro atoms. The molecular weight excluding hydrogens is 386 g/mol. The van der Waals surface area contributed by atoms with Crippen LogP contribution in [0.2, 0.25) is 0 Å². The summed E-state index contributed by atoms with van der Waals surface area (Å²) in [5.74, 6) is 0.0776. The van der Waals surface area contributed by atoms with Gasteiger partial charge in [0.1, 0.15) is 5.75 Å². The zero-order chi connectivity index (χ0) is 21.2. The van der Waals surface area contributed by atoms with Gasteiger partial charge in [-0.15, -0.1) is 0 Å². The molecule has 6 nitrogen and oxygen atoms in total. The maximum absolute atomic E-state index is 12.5. The first-order valence-corrected chi connectivity index (χ1v) is 10.1. The molecule has 2 rings (SSSR count). The minimum absolute atomic E-state index is 0.0596. The summed E-state index contributed by atoms with van der Waals surface area (Å²) in [4.78, 5) is 25.0. The minimum Gasteiger partial charge on any atom is -0.494 e. The molecule has 3 N–H and O–H groups in total. The highest BCUT2D eigenvalue weighted by Gasteiger charge is 2.15. The average Bonchev–Trinajstić information content (AvgIpc) is 2.72. The Labute approximate surface area is 177 Å². The van der Waals surface area contributed by atoms with Gasteiger partial charge < -0.3 is 15.4 Å². The Hall–Kier alpha value is -2.93. The predicted molar refractivity (Wildman–Crippen MR) is 120 cm³/mol. The van der Waals surface area contributed by atoms with Crippen molar-refractivity contribution in [1.82, 2.24) is 10.6 Å². The van der Waals surface area contributed by atoms with Crippen molar-refractivity contribution in [3.63, 3.8) is 0 Å². The fourth-order valence-corrected chi connectivity index (χ4v) is 2.67. The number of amides is 2. The number of anilines is 1. The molecular formula is C22H27N3O3S. The van der Waals surface area contributed by atoms with E-state index in [1.54, 1.807) is 48.5 Å². The van der Waals surface area contributed by atoms with Gasteiger partial charge in [-0.25, -0.2) is 0 Å². The fourth-order valence-electron chi connectivity index (χ4n) is 2.47. The molecule has 0 aromatic heterocycles. The molecule has 0 fully saturated rings. The molecule has 154 valence electrons. The minimum atomic E-state index is -0.356. The topological polar surface area (TPSA) is 79.5 Å². The molecule has 7 heteroatoms. The molecule has 2 aromatic carbocycles. The lowest BCUT2D eigenvalue weighted by Gasteiger charge is -2.16. The predicted octanol–water partition coefficient (Wildman–Crippen LogP) is 4.13. The lowest BCUT2D eigenvalue weighted by molar-refractivity contribution is 0.0938. The summed E-state index contributed by atoms with van der Waals surface area (Å²) in [7, 11) is 0. The summed E-state index contributed by atoms with van der Waals surface area (Å²) in [6.07, 6.45) is 1.71. The number of hydrogen-bond acceptors (Lipinski definition) is 4. The van der Waals surface area contributed by atoms with Crippen LogP contribution in [-0.4, -0.2) is 29.6 Å². The van der Waals surface area contributed by atoms with Crippen molar-refractivity contribution in [2.45, 2.75) is 39.7 Å². The van der Waals surface area contributed by atoms with Gasteiger partial charge in [0.25, 0.3) is 11.8 Å². The highest BCUT2D eigenvalue weighted by Crippen LogP contribution is 2.16. The summed E-state index contributed by atoms with van der Waals surface area (Å²) in [5, 5.41) is 8.62. The molecule has 0 saturated carbocycles. The van der Waals surface area contributed by atoms with Gasteiger partial charge in [-0.2, -0.15) is 0 Å². The number of ether oxygens (including phenoxy) is 1. The van der Waals surface area contributed by atoms with Crippen LogP contribution in [0.3, 0.4) is 0 Å². The largest absolute Gasteiger partial charge is 0.494 e. The van der Waals surface area contributed by atoms with Gasteiger partial charge in [0.2, 0.25) is 0 Å². The first-order chi connectivity index (χ1) is 13.9. The molecule has 0 saturated heterocycles. The lowest BCUT2D eigenvalue weighted by Crippen LogP contribution is -2.36. The maximum Gasteiger partial charge on any atom is 0.257 e. The SMILES string of the molecule is CCCOc1cccc(C(=O)NC(=S)Nc2ccccc2C(=O)NC(C)CC)c1. The van der Waals surface area contributed by atoms with E-state index >= 15 is 0 Å². The Bertz CT molecular complexity index is 870. The first-order valence-electron chi connectivity index (χ1n) is 9.69. The molecule has 1 atom stereocenters. The molecule has 29 heavy (non-hydrogen) atoms. The van der Waals surface area contributed by atoms with Gasteiger partial charge in [-0.3, -0.25) is 14.9 Å². The third-order valence-electron chi connectivity index (χ3n) is 4.21. The van der Waals surface area contributed by atoms with E-state index in [4.69, 9.17) is 17.0 Å². The molecule has 2 aromatic rings. The Morgan fingerprint density at radius 2 is 1.83 bits per heavy atom.